The van der Waals surface area contributed by atoms with Gasteiger partial charge in [-0.15, -0.1) is 0 Å². The van der Waals surface area contributed by atoms with Crippen molar-refractivity contribution in [2.75, 3.05) is 46.6 Å². The summed E-state index contributed by atoms with van der Waals surface area (Å²) in [6, 6.07) is 0. The van der Waals surface area contributed by atoms with Crippen molar-refractivity contribution in [3.63, 3.8) is 0 Å². The van der Waals surface area contributed by atoms with Gasteiger partial charge in [0.2, 0.25) is 5.91 Å². The Hall–Kier alpha value is -0.980. The predicted octanol–water partition coefficient (Wildman–Crippen LogP) is 1.24. The number of hydrogen-bond donors (Lipinski definition) is 2. The number of ether oxygens (including phenoxy) is 2. The van der Waals surface area contributed by atoms with Crippen LogP contribution in [0.25, 0.3) is 0 Å². The second-order valence-corrected chi connectivity index (χ2v) is 3.88. The summed E-state index contributed by atoms with van der Waals surface area (Å²) in [5.41, 5.74) is 0. The number of hydrogen-bond acceptors (Lipinski definition) is 5. The highest BCUT2D eigenvalue weighted by molar-refractivity contribution is 5.83. The highest BCUT2D eigenvalue weighted by atomic mass is 16.5. The molecule has 0 aromatic carbocycles. The third-order valence-corrected chi connectivity index (χ3v) is 2.14. The first-order chi connectivity index (χ1) is 9.66. The lowest BCUT2D eigenvalue weighted by atomic mass is 10.2. The third kappa shape index (κ3) is 19.4. The number of nitrogens with one attached hydrogen (secondary N) is 2. The number of rotatable bonds is 12. The minimum absolute atomic E-state index is 0. The third-order valence-electron chi connectivity index (χ3n) is 2.14. The van der Waals surface area contributed by atoms with Gasteiger partial charge in [-0.25, -0.2) is 0 Å². The Balaban J connectivity index is -0.000000387. The van der Waals surface area contributed by atoms with Gasteiger partial charge in [-0.05, 0) is 14.0 Å². The van der Waals surface area contributed by atoms with Gasteiger partial charge in [-0.2, -0.15) is 0 Å². The fraction of sp³-hybridized carbons (Fsp3) is 0.857. The lowest BCUT2D eigenvalue weighted by Crippen LogP contribution is -2.27. The van der Waals surface area contributed by atoms with Gasteiger partial charge in [-0.1, -0.05) is 13.8 Å². The van der Waals surface area contributed by atoms with E-state index in [2.05, 4.69) is 10.6 Å². The van der Waals surface area contributed by atoms with Crippen molar-refractivity contribution in [2.45, 2.75) is 33.6 Å². The van der Waals surface area contributed by atoms with Crippen molar-refractivity contribution in [3.05, 3.63) is 0 Å². The summed E-state index contributed by atoms with van der Waals surface area (Å²) in [6.07, 6.45) is 0.550. The molecule has 0 rings (SSSR count). The van der Waals surface area contributed by atoms with Crippen LogP contribution in [0.3, 0.4) is 0 Å². The molecule has 0 spiro atoms. The number of likely N-dealkylation sites (N-methyl/N-ethyl adjacent to an activating group) is 1. The maximum Gasteiger partial charge on any atom is 0.220 e. The molecule has 0 aliphatic carbocycles. The predicted molar refractivity (Wildman–Crippen MR) is 84.1 cm³/mol. The van der Waals surface area contributed by atoms with E-state index in [0.717, 1.165) is 6.54 Å². The number of Topliss-reactive ketones (excluding diaryl/α,β-unsaturated/α-hetero) is 1. The highest BCUT2D eigenvalue weighted by Gasteiger charge is 2.02. The molecule has 2 N–H and O–H groups in total. The van der Waals surface area contributed by atoms with E-state index in [-0.39, 0.29) is 21.0 Å². The van der Waals surface area contributed by atoms with Crippen molar-refractivity contribution < 1.29 is 21.9 Å². The largest absolute Gasteiger partial charge is 0.378 e. The van der Waals surface area contributed by atoms with Gasteiger partial charge in [0.1, 0.15) is 5.78 Å². The normalized spacial score (nSPS) is 9.60. The zero-order valence-electron chi connectivity index (χ0n) is 13.3. The maximum atomic E-state index is 11.2. The van der Waals surface area contributed by atoms with Crippen LogP contribution in [0.2, 0.25) is 0 Å². The van der Waals surface area contributed by atoms with Crippen LogP contribution in [0.5, 0.6) is 0 Å². The van der Waals surface area contributed by atoms with Gasteiger partial charge in [0, 0.05) is 28.8 Å². The number of amides is 1. The van der Waals surface area contributed by atoms with Crippen molar-refractivity contribution in [1.29, 1.82) is 0 Å². The Morgan fingerprint density at radius 3 is 2.00 bits per heavy atom. The van der Waals surface area contributed by atoms with Crippen molar-refractivity contribution >= 4 is 11.7 Å². The fourth-order valence-electron chi connectivity index (χ4n) is 1.14. The van der Waals surface area contributed by atoms with Crippen LogP contribution in [-0.2, 0) is 19.1 Å². The smallest absolute Gasteiger partial charge is 0.220 e. The van der Waals surface area contributed by atoms with E-state index >= 15 is 0 Å². The van der Waals surface area contributed by atoms with E-state index in [9.17, 15) is 9.59 Å². The molecule has 0 aliphatic rings. The Morgan fingerprint density at radius 2 is 1.50 bits per heavy atom. The van der Waals surface area contributed by atoms with Gasteiger partial charge in [0.05, 0.1) is 26.4 Å². The quantitative estimate of drug-likeness (QED) is 0.530. The molecule has 0 aliphatic heterocycles. The van der Waals surface area contributed by atoms with Crippen LogP contribution >= 0.6 is 0 Å². The van der Waals surface area contributed by atoms with Crippen LogP contribution in [0.4, 0.5) is 0 Å². The molecular weight excluding hydrogens is 260 g/mol. The van der Waals surface area contributed by atoms with E-state index in [4.69, 9.17) is 9.47 Å². The van der Waals surface area contributed by atoms with Gasteiger partial charge >= 0.3 is 0 Å². The Kier molecular flexibility index (Phi) is 19.2. The highest BCUT2D eigenvalue weighted by Crippen LogP contribution is 1.89. The van der Waals surface area contributed by atoms with Gasteiger partial charge in [-0.3, -0.25) is 4.79 Å². The van der Waals surface area contributed by atoms with Crippen molar-refractivity contribution in [2.24, 2.45) is 0 Å². The summed E-state index contributed by atoms with van der Waals surface area (Å²) in [5.74, 6) is -0.0841. The summed E-state index contributed by atoms with van der Waals surface area (Å²) in [5, 5.41) is 5.66. The first kappa shape index (κ1) is 21.3. The first-order valence-corrected chi connectivity index (χ1v) is 7.23. The standard InChI is InChI=1S/C12H24N2O4.C2H6.2H2/c1-11(15)3-4-12(16)14-6-8-18-10-9-17-7-5-13-2;1-2;;/h13H,3-10H2,1-2H3,(H,14,16);1-2H3;2*1H. The molecule has 0 bridgehead atoms. The Labute approximate surface area is 125 Å². The van der Waals surface area contributed by atoms with Crippen LogP contribution in [0.15, 0.2) is 0 Å². The zero-order valence-corrected chi connectivity index (χ0v) is 13.3. The summed E-state index contributed by atoms with van der Waals surface area (Å²) < 4.78 is 10.5. The molecular formula is C14H34N2O4. The molecule has 6 heteroatoms. The number of carbonyl (C=O) groups is 2. The summed E-state index contributed by atoms with van der Waals surface area (Å²) in [7, 11) is 1.87. The SMILES string of the molecule is CC.CNCCOCCOCCNC(=O)CCC(C)=O.[HH].[HH]. The van der Waals surface area contributed by atoms with Gasteiger partial charge in [0.25, 0.3) is 0 Å². The second-order valence-electron chi connectivity index (χ2n) is 3.88. The summed E-state index contributed by atoms with van der Waals surface area (Å²) in [6.45, 7) is 8.97. The van der Waals surface area contributed by atoms with Gasteiger partial charge in [0.15, 0.2) is 0 Å². The zero-order chi connectivity index (χ0) is 15.6. The minimum Gasteiger partial charge on any atom is -0.378 e. The molecule has 124 valence electrons. The molecule has 0 fully saturated rings. The van der Waals surface area contributed by atoms with E-state index < -0.39 is 0 Å². The molecule has 0 heterocycles. The molecule has 0 aromatic heterocycles. The summed E-state index contributed by atoms with van der Waals surface area (Å²) >= 11 is 0. The second kappa shape index (κ2) is 18.0. The van der Waals surface area contributed by atoms with E-state index in [1.54, 1.807) is 0 Å². The fourth-order valence-corrected chi connectivity index (χ4v) is 1.14. The summed E-state index contributed by atoms with van der Waals surface area (Å²) in [4.78, 5) is 21.9. The van der Waals surface area contributed by atoms with E-state index in [1.807, 2.05) is 20.9 Å². The average molecular weight is 294 g/mol. The minimum atomic E-state index is -0.112. The monoisotopic (exact) mass is 294 g/mol. The van der Waals surface area contributed by atoms with E-state index in [1.165, 1.54) is 6.92 Å². The van der Waals surface area contributed by atoms with Crippen LogP contribution in [0, 0.1) is 0 Å². The molecule has 1 amide bonds. The van der Waals surface area contributed by atoms with Crippen LogP contribution < -0.4 is 10.6 Å². The molecule has 0 radical (unpaired) electrons. The lowest BCUT2D eigenvalue weighted by Gasteiger charge is -2.06. The molecule has 20 heavy (non-hydrogen) atoms. The van der Waals surface area contributed by atoms with Crippen molar-refractivity contribution in [3.8, 4) is 0 Å². The number of carbonyl (C=O) groups excluding carboxylic acids is 2. The van der Waals surface area contributed by atoms with Crippen LogP contribution in [0.1, 0.15) is 36.5 Å². The molecule has 0 unspecified atom stereocenters. The molecule has 0 aromatic rings. The molecule has 0 saturated heterocycles. The van der Waals surface area contributed by atoms with Gasteiger partial charge < -0.3 is 24.9 Å². The topological polar surface area (TPSA) is 76.7 Å². The van der Waals surface area contributed by atoms with E-state index in [0.29, 0.717) is 39.4 Å². The molecule has 6 nitrogen and oxygen atoms in total. The Morgan fingerprint density at radius 1 is 0.950 bits per heavy atom. The van der Waals surface area contributed by atoms with Crippen LogP contribution in [-0.4, -0.2) is 58.3 Å². The Bertz CT molecular complexity index is 245. The number of ketones is 1. The lowest BCUT2D eigenvalue weighted by molar-refractivity contribution is -0.124. The molecule has 0 saturated carbocycles. The first-order valence-electron chi connectivity index (χ1n) is 7.23. The maximum absolute atomic E-state index is 11.2. The molecule has 0 atom stereocenters. The van der Waals surface area contributed by atoms with Crippen molar-refractivity contribution in [1.82, 2.24) is 10.6 Å². The average Bonchev–Trinajstić information content (AvgIpc) is 2.45.